The van der Waals surface area contributed by atoms with Gasteiger partial charge in [0.2, 0.25) is 0 Å². The zero-order valence-corrected chi connectivity index (χ0v) is 9.94. The number of nitrogens with one attached hydrogen (secondary N) is 1. The number of benzene rings is 1. The number of rotatable bonds is 3. The summed E-state index contributed by atoms with van der Waals surface area (Å²) in [7, 11) is 1.61. The average molecular weight is 235 g/mol. The Morgan fingerprint density at radius 1 is 1.35 bits per heavy atom. The van der Waals surface area contributed by atoms with Gasteiger partial charge in [0.05, 0.1) is 6.61 Å². The molecule has 1 fully saturated rings. The fraction of sp³-hybridized carbons (Fsp3) is 0.462. The van der Waals surface area contributed by atoms with E-state index >= 15 is 0 Å². The molecular weight excluding hydrogens is 218 g/mol. The maximum absolute atomic E-state index is 11.3. The molecule has 1 aliphatic rings. The number of carbonyl (C=O) groups excluding carboxylic acids is 1. The van der Waals surface area contributed by atoms with Gasteiger partial charge in [0.25, 0.3) is 5.91 Å². The van der Waals surface area contributed by atoms with Crippen LogP contribution in [0.25, 0.3) is 0 Å². The van der Waals surface area contributed by atoms with Crippen LogP contribution in [-0.2, 0) is 4.74 Å². The lowest BCUT2D eigenvalue weighted by atomic mass is 10.2. The highest BCUT2D eigenvalue weighted by atomic mass is 16.7. The van der Waals surface area contributed by atoms with Gasteiger partial charge in [-0.1, -0.05) is 0 Å². The lowest BCUT2D eigenvalue weighted by Gasteiger charge is -2.23. The molecule has 0 saturated carbocycles. The largest absolute Gasteiger partial charge is 0.465 e. The van der Waals surface area contributed by atoms with Crippen molar-refractivity contribution < 1.29 is 14.3 Å². The van der Waals surface area contributed by atoms with Crippen LogP contribution < -0.4 is 10.1 Å². The van der Waals surface area contributed by atoms with E-state index in [-0.39, 0.29) is 12.2 Å². The molecule has 1 N–H and O–H groups in total. The third-order valence-electron chi connectivity index (χ3n) is 2.75. The van der Waals surface area contributed by atoms with Crippen LogP contribution >= 0.6 is 0 Å². The van der Waals surface area contributed by atoms with E-state index in [1.54, 1.807) is 31.3 Å². The molecule has 2 rings (SSSR count). The van der Waals surface area contributed by atoms with Crippen molar-refractivity contribution in [3.05, 3.63) is 29.8 Å². The van der Waals surface area contributed by atoms with Crippen LogP contribution in [0.5, 0.6) is 5.75 Å². The Kier molecular flexibility index (Phi) is 3.98. The molecule has 92 valence electrons. The summed E-state index contributed by atoms with van der Waals surface area (Å²) in [4.78, 5) is 11.3. The van der Waals surface area contributed by atoms with Gasteiger partial charge in [0.15, 0.2) is 6.29 Å². The smallest absolute Gasteiger partial charge is 0.251 e. The van der Waals surface area contributed by atoms with Crippen molar-refractivity contribution in [2.75, 3.05) is 13.7 Å². The molecule has 4 nitrogen and oxygen atoms in total. The Morgan fingerprint density at radius 3 is 2.71 bits per heavy atom. The first-order chi connectivity index (χ1) is 8.29. The molecule has 0 aliphatic carbocycles. The van der Waals surface area contributed by atoms with Crippen LogP contribution in [0, 0.1) is 0 Å². The van der Waals surface area contributed by atoms with Crippen molar-refractivity contribution in [2.24, 2.45) is 0 Å². The first-order valence-electron chi connectivity index (χ1n) is 5.90. The maximum atomic E-state index is 11.3. The van der Waals surface area contributed by atoms with Crippen molar-refractivity contribution in [3.8, 4) is 5.75 Å². The Labute approximate surface area is 101 Å². The molecule has 1 atom stereocenters. The van der Waals surface area contributed by atoms with Gasteiger partial charge in [-0.15, -0.1) is 0 Å². The summed E-state index contributed by atoms with van der Waals surface area (Å²) in [5.41, 5.74) is 0.629. The zero-order chi connectivity index (χ0) is 12.1. The zero-order valence-electron chi connectivity index (χ0n) is 9.94. The quantitative estimate of drug-likeness (QED) is 0.871. The monoisotopic (exact) mass is 235 g/mol. The fourth-order valence-corrected chi connectivity index (χ4v) is 1.79. The highest BCUT2D eigenvalue weighted by molar-refractivity contribution is 5.94. The predicted molar refractivity (Wildman–Crippen MR) is 64.1 cm³/mol. The summed E-state index contributed by atoms with van der Waals surface area (Å²) < 4.78 is 11.1. The van der Waals surface area contributed by atoms with Gasteiger partial charge in [0, 0.05) is 19.0 Å². The molecule has 1 heterocycles. The van der Waals surface area contributed by atoms with E-state index < -0.39 is 0 Å². The molecule has 1 aromatic rings. The van der Waals surface area contributed by atoms with Gasteiger partial charge in [-0.3, -0.25) is 4.79 Å². The standard InChI is InChI=1S/C13H17NO3/c1-14-13(15)10-5-7-11(8-6-10)17-12-4-2-3-9-16-12/h5-8,12H,2-4,9H2,1H3,(H,14,15). The van der Waals surface area contributed by atoms with Crippen LogP contribution in [0.4, 0.5) is 0 Å². The SMILES string of the molecule is CNC(=O)c1ccc(OC2CCCCO2)cc1. The summed E-state index contributed by atoms with van der Waals surface area (Å²) >= 11 is 0. The molecule has 0 radical (unpaired) electrons. The molecule has 17 heavy (non-hydrogen) atoms. The van der Waals surface area contributed by atoms with Crippen LogP contribution in [0.1, 0.15) is 29.6 Å². The highest BCUT2D eigenvalue weighted by Crippen LogP contribution is 2.19. The Hall–Kier alpha value is -1.55. The number of amides is 1. The van der Waals surface area contributed by atoms with E-state index in [0.29, 0.717) is 5.56 Å². The second-order valence-electron chi connectivity index (χ2n) is 4.02. The second kappa shape index (κ2) is 5.68. The van der Waals surface area contributed by atoms with Crippen LogP contribution in [-0.4, -0.2) is 25.9 Å². The van der Waals surface area contributed by atoms with E-state index in [1.807, 2.05) is 0 Å². The Balaban J connectivity index is 1.95. The third-order valence-corrected chi connectivity index (χ3v) is 2.75. The second-order valence-corrected chi connectivity index (χ2v) is 4.02. The molecular formula is C13H17NO3. The Bertz CT molecular complexity index is 369. The number of hydrogen-bond acceptors (Lipinski definition) is 3. The molecule has 0 aromatic heterocycles. The molecule has 1 saturated heterocycles. The molecule has 0 spiro atoms. The molecule has 4 heteroatoms. The maximum Gasteiger partial charge on any atom is 0.251 e. The van der Waals surface area contributed by atoms with Crippen LogP contribution in [0.2, 0.25) is 0 Å². The molecule has 1 unspecified atom stereocenters. The Morgan fingerprint density at radius 2 is 2.12 bits per heavy atom. The molecule has 0 bridgehead atoms. The minimum atomic E-state index is -0.144. The molecule has 1 aliphatic heterocycles. The average Bonchev–Trinajstić information content (AvgIpc) is 2.40. The normalized spacial score (nSPS) is 19.7. The molecule has 1 aromatic carbocycles. The van der Waals surface area contributed by atoms with Crippen LogP contribution in [0.15, 0.2) is 24.3 Å². The summed E-state index contributed by atoms with van der Waals surface area (Å²) in [6.07, 6.45) is 3.03. The third kappa shape index (κ3) is 3.20. The van der Waals surface area contributed by atoms with E-state index in [4.69, 9.17) is 9.47 Å². The van der Waals surface area contributed by atoms with Crippen molar-refractivity contribution >= 4 is 5.91 Å². The first kappa shape index (κ1) is 11.9. The van der Waals surface area contributed by atoms with Gasteiger partial charge >= 0.3 is 0 Å². The highest BCUT2D eigenvalue weighted by Gasteiger charge is 2.15. The van der Waals surface area contributed by atoms with E-state index in [1.165, 1.54) is 0 Å². The van der Waals surface area contributed by atoms with E-state index in [9.17, 15) is 4.79 Å². The summed E-state index contributed by atoms with van der Waals surface area (Å²) in [5.74, 6) is 0.648. The summed E-state index contributed by atoms with van der Waals surface area (Å²) in [6, 6.07) is 7.08. The minimum Gasteiger partial charge on any atom is -0.465 e. The van der Waals surface area contributed by atoms with Gasteiger partial charge in [0.1, 0.15) is 5.75 Å². The van der Waals surface area contributed by atoms with Gasteiger partial charge in [-0.05, 0) is 37.1 Å². The lowest BCUT2D eigenvalue weighted by Crippen LogP contribution is -2.25. The first-order valence-corrected chi connectivity index (χ1v) is 5.90. The van der Waals surface area contributed by atoms with E-state index in [0.717, 1.165) is 31.6 Å². The fourth-order valence-electron chi connectivity index (χ4n) is 1.79. The summed E-state index contributed by atoms with van der Waals surface area (Å²) in [5, 5.41) is 2.58. The van der Waals surface area contributed by atoms with E-state index in [2.05, 4.69) is 5.32 Å². The van der Waals surface area contributed by atoms with Crippen LogP contribution in [0.3, 0.4) is 0 Å². The van der Waals surface area contributed by atoms with Crippen molar-refractivity contribution in [1.82, 2.24) is 5.32 Å². The molecule has 1 amide bonds. The van der Waals surface area contributed by atoms with Gasteiger partial charge < -0.3 is 14.8 Å². The van der Waals surface area contributed by atoms with Gasteiger partial charge in [-0.25, -0.2) is 0 Å². The summed E-state index contributed by atoms with van der Waals surface area (Å²) in [6.45, 7) is 0.765. The van der Waals surface area contributed by atoms with Gasteiger partial charge in [-0.2, -0.15) is 0 Å². The van der Waals surface area contributed by atoms with Crippen molar-refractivity contribution in [1.29, 1.82) is 0 Å². The number of ether oxygens (including phenoxy) is 2. The van der Waals surface area contributed by atoms with Crippen molar-refractivity contribution in [2.45, 2.75) is 25.6 Å². The number of hydrogen-bond donors (Lipinski definition) is 1. The lowest BCUT2D eigenvalue weighted by molar-refractivity contribution is -0.105. The predicted octanol–water partition coefficient (Wildman–Crippen LogP) is 1.95. The van der Waals surface area contributed by atoms with Crippen molar-refractivity contribution in [3.63, 3.8) is 0 Å². The topological polar surface area (TPSA) is 47.6 Å². The minimum absolute atomic E-state index is 0.0922. The number of carbonyl (C=O) groups is 1.